The van der Waals surface area contributed by atoms with Gasteiger partial charge in [-0.25, -0.2) is 12.8 Å². The highest BCUT2D eigenvalue weighted by atomic mass is 32.2. The summed E-state index contributed by atoms with van der Waals surface area (Å²) < 4.78 is 39.0. The molecule has 0 aromatic heterocycles. The molecule has 0 aliphatic heterocycles. The first-order valence-corrected chi connectivity index (χ1v) is 9.27. The number of rotatable bonds is 7. The Morgan fingerprint density at radius 2 is 1.42 bits per heavy atom. The normalized spacial score (nSPS) is 12.1. The lowest BCUT2D eigenvalue weighted by atomic mass is 10.2. The predicted octanol–water partition coefficient (Wildman–Crippen LogP) is 3.14. The van der Waals surface area contributed by atoms with Crippen LogP contribution < -0.4 is 5.32 Å². The molecule has 0 atom stereocenters. The molecular formula is C18H23FN2O2S. The Morgan fingerprint density at radius 3 is 1.88 bits per heavy atom. The third-order valence-corrected chi connectivity index (χ3v) is 5.95. The minimum absolute atomic E-state index is 0.0907. The van der Waals surface area contributed by atoms with Crippen LogP contribution in [-0.4, -0.2) is 25.8 Å². The van der Waals surface area contributed by atoms with Crippen molar-refractivity contribution in [3.8, 4) is 0 Å². The van der Waals surface area contributed by atoms with Crippen LogP contribution in [-0.2, 0) is 23.1 Å². The highest BCUT2D eigenvalue weighted by Crippen LogP contribution is 2.17. The van der Waals surface area contributed by atoms with E-state index in [0.29, 0.717) is 18.0 Å². The molecule has 1 N–H and O–H groups in total. The summed E-state index contributed by atoms with van der Waals surface area (Å²) in [6.45, 7) is 4.91. The number of benzene rings is 2. The van der Waals surface area contributed by atoms with E-state index in [0.717, 1.165) is 11.1 Å². The Hall–Kier alpha value is -1.76. The van der Waals surface area contributed by atoms with Gasteiger partial charge in [-0.2, -0.15) is 4.31 Å². The van der Waals surface area contributed by atoms with Crippen LogP contribution in [0.3, 0.4) is 0 Å². The summed E-state index contributed by atoms with van der Waals surface area (Å²) in [5.41, 5.74) is 1.98. The van der Waals surface area contributed by atoms with E-state index in [2.05, 4.69) is 5.32 Å². The molecule has 0 radical (unpaired) electrons. The molecule has 2 aromatic carbocycles. The van der Waals surface area contributed by atoms with E-state index < -0.39 is 10.0 Å². The Balaban J connectivity index is 1.96. The van der Waals surface area contributed by atoms with Crippen molar-refractivity contribution in [2.75, 3.05) is 7.05 Å². The van der Waals surface area contributed by atoms with Crippen molar-refractivity contribution in [3.05, 3.63) is 65.5 Å². The zero-order valence-electron chi connectivity index (χ0n) is 14.2. The van der Waals surface area contributed by atoms with E-state index in [4.69, 9.17) is 0 Å². The van der Waals surface area contributed by atoms with Crippen LogP contribution in [0.4, 0.5) is 4.39 Å². The van der Waals surface area contributed by atoms with Crippen LogP contribution >= 0.6 is 0 Å². The number of nitrogens with one attached hydrogen (secondary N) is 1. The predicted molar refractivity (Wildman–Crippen MR) is 93.5 cm³/mol. The summed E-state index contributed by atoms with van der Waals surface area (Å²) in [7, 11) is -1.86. The van der Waals surface area contributed by atoms with Gasteiger partial charge in [0.25, 0.3) is 0 Å². The minimum atomic E-state index is -3.45. The van der Waals surface area contributed by atoms with Crippen molar-refractivity contribution in [2.45, 2.75) is 37.9 Å². The monoisotopic (exact) mass is 350 g/mol. The fourth-order valence-corrected chi connectivity index (χ4v) is 3.54. The van der Waals surface area contributed by atoms with Crippen molar-refractivity contribution in [1.82, 2.24) is 9.62 Å². The smallest absolute Gasteiger partial charge is 0.243 e. The lowest BCUT2D eigenvalue weighted by molar-refractivity contribution is 0.410. The number of nitrogens with zero attached hydrogens (tertiary/aromatic N) is 1. The average molecular weight is 350 g/mol. The topological polar surface area (TPSA) is 49.4 Å². The largest absolute Gasteiger partial charge is 0.309 e. The molecule has 130 valence electrons. The zero-order valence-corrected chi connectivity index (χ0v) is 15.0. The maximum Gasteiger partial charge on any atom is 0.243 e. The van der Waals surface area contributed by atoms with E-state index in [1.165, 1.54) is 16.4 Å². The molecule has 0 fully saturated rings. The molecule has 24 heavy (non-hydrogen) atoms. The molecule has 4 nitrogen and oxygen atoms in total. The summed E-state index contributed by atoms with van der Waals surface area (Å²) in [6.07, 6.45) is 0. The second-order valence-electron chi connectivity index (χ2n) is 5.99. The summed E-state index contributed by atoms with van der Waals surface area (Å²) >= 11 is 0. The summed E-state index contributed by atoms with van der Waals surface area (Å²) in [5.74, 6) is -0.248. The third-order valence-electron chi connectivity index (χ3n) is 3.90. The molecule has 6 heteroatoms. The molecule has 2 rings (SSSR count). The molecule has 0 spiro atoms. The van der Waals surface area contributed by atoms with E-state index in [9.17, 15) is 12.8 Å². The van der Waals surface area contributed by atoms with E-state index in [-0.39, 0.29) is 11.9 Å². The number of hydrogen-bond acceptors (Lipinski definition) is 3. The molecule has 0 heterocycles. The maximum absolute atomic E-state index is 12.8. The summed E-state index contributed by atoms with van der Waals surface area (Å²) in [6, 6.07) is 13.1. The van der Waals surface area contributed by atoms with Gasteiger partial charge in [0, 0.05) is 26.2 Å². The van der Waals surface area contributed by atoms with E-state index in [1.807, 2.05) is 13.8 Å². The lowest BCUT2D eigenvalue weighted by Crippen LogP contribution is -2.33. The fourth-order valence-electron chi connectivity index (χ4n) is 2.18. The number of halogens is 1. The number of hydrogen-bond donors (Lipinski definition) is 1. The molecule has 0 aliphatic carbocycles. The first-order chi connectivity index (χ1) is 11.3. The molecule has 0 saturated heterocycles. The number of sulfonamides is 1. The van der Waals surface area contributed by atoms with Gasteiger partial charge in [0.2, 0.25) is 10.0 Å². The van der Waals surface area contributed by atoms with Gasteiger partial charge >= 0.3 is 0 Å². The quantitative estimate of drug-likeness (QED) is 0.835. The van der Waals surface area contributed by atoms with Crippen LogP contribution in [0.5, 0.6) is 0 Å². The Kier molecular flexibility index (Phi) is 6.10. The second-order valence-corrected chi connectivity index (χ2v) is 7.99. The maximum atomic E-state index is 12.8. The van der Waals surface area contributed by atoms with Crippen LogP contribution in [0.25, 0.3) is 0 Å². The Labute approximate surface area is 143 Å². The molecule has 0 saturated carbocycles. The third kappa shape index (κ3) is 4.63. The van der Waals surface area contributed by atoms with E-state index >= 15 is 0 Å². The molecule has 2 aromatic rings. The second kappa shape index (κ2) is 7.88. The lowest BCUT2D eigenvalue weighted by Gasteiger charge is -2.21. The van der Waals surface area contributed by atoms with Gasteiger partial charge in [0.1, 0.15) is 5.82 Å². The van der Waals surface area contributed by atoms with Gasteiger partial charge in [-0.1, -0.05) is 24.3 Å². The summed E-state index contributed by atoms with van der Waals surface area (Å²) in [4.78, 5) is 0.293. The van der Waals surface area contributed by atoms with Gasteiger partial charge in [-0.15, -0.1) is 0 Å². The van der Waals surface area contributed by atoms with Crippen LogP contribution in [0.1, 0.15) is 25.0 Å². The first kappa shape index (κ1) is 18.6. The van der Waals surface area contributed by atoms with Gasteiger partial charge in [0.15, 0.2) is 0 Å². The highest BCUT2D eigenvalue weighted by Gasteiger charge is 2.22. The highest BCUT2D eigenvalue weighted by molar-refractivity contribution is 7.89. The molecule has 0 amide bonds. The summed E-state index contributed by atoms with van der Waals surface area (Å²) in [5, 5.41) is 3.25. The van der Waals surface area contributed by atoms with Gasteiger partial charge < -0.3 is 5.32 Å². The zero-order chi connectivity index (χ0) is 17.7. The Bertz CT molecular complexity index is 757. The van der Waals surface area contributed by atoms with Crippen LogP contribution in [0, 0.1) is 5.82 Å². The van der Waals surface area contributed by atoms with Crippen molar-refractivity contribution in [3.63, 3.8) is 0 Å². The van der Waals surface area contributed by atoms with Crippen molar-refractivity contribution < 1.29 is 12.8 Å². The van der Waals surface area contributed by atoms with Crippen molar-refractivity contribution in [1.29, 1.82) is 0 Å². The molecular weight excluding hydrogens is 327 g/mol. The minimum Gasteiger partial charge on any atom is -0.309 e. The van der Waals surface area contributed by atoms with Crippen molar-refractivity contribution in [2.24, 2.45) is 0 Å². The average Bonchev–Trinajstić information content (AvgIpc) is 2.56. The first-order valence-electron chi connectivity index (χ1n) is 7.83. The molecule has 0 bridgehead atoms. The molecule has 0 unspecified atom stereocenters. The SMILES string of the molecule is CC(C)N(C)S(=O)(=O)c1ccc(CNCc2ccc(F)cc2)cc1. The fraction of sp³-hybridized carbons (Fsp3) is 0.333. The van der Waals surface area contributed by atoms with Crippen molar-refractivity contribution >= 4 is 10.0 Å². The molecule has 0 aliphatic rings. The van der Waals surface area contributed by atoms with Crippen LogP contribution in [0.2, 0.25) is 0 Å². The standard InChI is InChI=1S/C18H23FN2O2S/c1-14(2)21(3)24(22,23)18-10-6-16(7-11-18)13-20-12-15-4-8-17(19)9-5-15/h4-11,14,20H,12-13H2,1-3H3. The van der Waals surface area contributed by atoms with E-state index in [1.54, 1.807) is 43.4 Å². The van der Waals surface area contributed by atoms with Gasteiger partial charge in [-0.05, 0) is 49.2 Å². The van der Waals surface area contributed by atoms with Gasteiger partial charge in [-0.3, -0.25) is 0 Å². The van der Waals surface area contributed by atoms with Gasteiger partial charge in [0.05, 0.1) is 4.90 Å². The Morgan fingerprint density at radius 1 is 0.958 bits per heavy atom. The van der Waals surface area contributed by atoms with Crippen LogP contribution in [0.15, 0.2) is 53.4 Å².